The third-order valence-corrected chi connectivity index (χ3v) is 4.89. The molecule has 0 aliphatic carbocycles. The van der Waals surface area contributed by atoms with Crippen molar-refractivity contribution in [1.82, 2.24) is 4.90 Å². The first kappa shape index (κ1) is 20.5. The molecule has 6 nitrogen and oxygen atoms in total. The van der Waals surface area contributed by atoms with Crippen LogP contribution in [0.3, 0.4) is 0 Å². The molecular formula is C19H17Cl3N4O2. The quantitative estimate of drug-likeness (QED) is 0.693. The first-order valence-electron chi connectivity index (χ1n) is 8.54. The number of amidine groups is 1. The van der Waals surface area contributed by atoms with Crippen molar-refractivity contribution < 1.29 is 9.59 Å². The molecule has 2 amide bonds. The van der Waals surface area contributed by atoms with Crippen LogP contribution < -0.4 is 10.7 Å². The highest BCUT2D eigenvalue weighted by Crippen LogP contribution is 2.38. The minimum Gasteiger partial charge on any atom is -0.399 e. The number of nitrogens with two attached hydrogens (primary N) is 1. The molecule has 0 bridgehead atoms. The van der Waals surface area contributed by atoms with Crippen molar-refractivity contribution in [3.63, 3.8) is 0 Å². The summed E-state index contributed by atoms with van der Waals surface area (Å²) in [6.45, 7) is 2.33. The second kappa shape index (κ2) is 8.39. The minimum absolute atomic E-state index is 0.0522. The van der Waals surface area contributed by atoms with Gasteiger partial charge < -0.3 is 5.73 Å². The monoisotopic (exact) mass is 438 g/mol. The molecule has 0 spiro atoms. The predicted octanol–water partition coefficient (Wildman–Crippen LogP) is 4.83. The third kappa shape index (κ3) is 4.09. The summed E-state index contributed by atoms with van der Waals surface area (Å²) < 4.78 is 0. The average Bonchev–Trinajstić information content (AvgIpc) is 2.99. The third-order valence-electron chi connectivity index (χ3n) is 4.09. The summed E-state index contributed by atoms with van der Waals surface area (Å²) >= 11 is 18.4. The van der Waals surface area contributed by atoms with Crippen LogP contribution in [0.15, 0.2) is 41.5 Å². The zero-order valence-corrected chi connectivity index (χ0v) is 17.2. The number of hydrazone groups is 1. The molecule has 0 atom stereocenters. The highest BCUT2D eigenvalue weighted by Gasteiger charge is 2.33. The Hall–Kier alpha value is -2.28. The molecule has 1 heterocycles. The lowest BCUT2D eigenvalue weighted by molar-refractivity contribution is -0.116. The lowest BCUT2D eigenvalue weighted by Gasteiger charge is -2.21. The molecule has 0 unspecified atom stereocenters. The van der Waals surface area contributed by atoms with Gasteiger partial charge >= 0.3 is 0 Å². The number of anilines is 2. The second-order valence-corrected chi connectivity index (χ2v) is 7.45. The molecule has 2 N–H and O–H groups in total. The Morgan fingerprint density at radius 3 is 2.50 bits per heavy atom. The minimum atomic E-state index is -0.345. The summed E-state index contributed by atoms with van der Waals surface area (Å²) in [5.41, 5.74) is 6.92. The Kier molecular flexibility index (Phi) is 6.13. The van der Waals surface area contributed by atoms with Crippen LogP contribution in [0.4, 0.5) is 11.4 Å². The van der Waals surface area contributed by atoms with Gasteiger partial charge in [-0.05, 0) is 36.8 Å². The molecule has 28 heavy (non-hydrogen) atoms. The van der Waals surface area contributed by atoms with E-state index in [-0.39, 0.29) is 34.0 Å². The highest BCUT2D eigenvalue weighted by molar-refractivity contribution is 6.42. The van der Waals surface area contributed by atoms with Gasteiger partial charge in [0.25, 0.3) is 11.8 Å². The van der Waals surface area contributed by atoms with E-state index in [0.29, 0.717) is 35.1 Å². The maximum Gasteiger partial charge on any atom is 0.259 e. The van der Waals surface area contributed by atoms with Crippen LogP contribution in [-0.4, -0.2) is 29.1 Å². The number of hydrogen-bond donors (Lipinski definition) is 1. The number of benzene rings is 2. The summed E-state index contributed by atoms with van der Waals surface area (Å²) in [6, 6.07) is 9.62. The van der Waals surface area contributed by atoms with Gasteiger partial charge in [0.1, 0.15) is 11.5 Å². The van der Waals surface area contributed by atoms with Crippen molar-refractivity contribution >= 4 is 63.8 Å². The molecule has 1 aliphatic heterocycles. The predicted molar refractivity (Wildman–Crippen MR) is 113 cm³/mol. The number of halogens is 3. The molecule has 0 fully saturated rings. The van der Waals surface area contributed by atoms with E-state index in [9.17, 15) is 9.59 Å². The van der Waals surface area contributed by atoms with Crippen molar-refractivity contribution in [3.05, 3.63) is 57.0 Å². The summed E-state index contributed by atoms with van der Waals surface area (Å²) in [7, 11) is 0. The number of hydrogen-bond acceptors (Lipinski definition) is 4. The molecule has 146 valence electrons. The first-order valence-corrected chi connectivity index (χ1v) is 9.67. The van der Waals surface area contributed by atoms with E-state index in [1.165, 1.54) is 17.0 Å². The fourth-order valence-corrected chi connectivity index (χ4v) is 3.85. The standard InChI is InChI=1S/C19H17Cl3N4O2/c1-2-6-25(19(28)11-4-3-5-13(23)7-11)16-10-17(27)26(24-16)18-14(21)8-12(20)9-15(18)22/h3-5,7-9H,2,6,10,23H2,1H3. The number of amides is 2. The van der Waals surface area contributed by atoms with Gasteiger partial charge in [0.2, 0.25) is 0 Å². The molecule has 9 heteroatoms. The fraction of sp³-hybridized carbons (Fsp3) is 0.211. The Morgan fingerprint density at radius 1 is 1.21 bits per heavy atom. The number of nitrogens with zero attached hydrogens (tertiary/aromatic N) is 3. The van der Waals surface area contributed by atoms with E-state index in [1.54, 1.807) is 24.3 Å². The fourth-order valence-electron chi connectivity index (χ4n) is 2.88. The number of carbonyl (C=O) groups excluding carboxylic acids is 2. The molecule has 0 radical (unpaired) electrons. The summed E-state index contributed by atoms with van der Waals surface area (Å²) in [5, 5.41) is 6.19. The van der Waals surface area contributed by atoms with E-state index >= 15 is 0 Å². The van der Waals surface area contributed by atoms with Gasteiger partial charge in [-0.15, -0.1) is 0 Å². The lowest BCUT2D eigenvalue weighted by atomic mass is 10.1. The topological polar surface area (TPSA) is 79.0 Å². The van der Waals surface area contributed by atoms with E-state index in [1.807, 2.05) is 6.92 Å². The maximum absolute atomic E-state index is 13.0. The molecule has 0 saturated heterocycles. The van der Waals surface area contributed by atoms with Crippen molar-refractivity contribution in [2.75, 3.05) is 17.3 Å². The van der Waals surface area contributed by atoms with Crippen LogP contribution in [0, 0.1) is 0 Å². The van der Waals surface area contributed by atoms with E-state index in [0.717, 1.165) is 5.01 Å². The van der Waals surface area contributed by atoms with Crippen molar-refractivity contribution in [3.8, 4) is 0 Å². The molecule has 1 aliphatic rings. The zero-order chi connectivity index (χ0) is 20.4. The zero-order valence-electron chi connectivity index (χ0n) is 15.0. The normalized spacial score (nSPS) is 13.6. The smallest absolute Gasteiger partial charge is 0.259 e. The van der Waals surface area contributed by atoms with Crippen LogP contribution in [0.5, 0.6) is 0 Å². The van der Waals surface area contributed by atoms with Crippen molar-refractivity contribution in [1.29, 1.82) is 0 Å². The number of nitrogen functional groups attached to an aromatic ring is 1. The second-order valence-electron chi connectivity index (χ2n) is 6.20. The first-order chi connectivity index (χ1) is 13.3. The van der Waals surface area contributed by atoms with E-state index < -0.39 is 0 Å². The van der Waals surface area contributed by atoms with Gasteiger partial charge in [0.05, 0.1) is 16.5 Å². The molecule has 3 rings (SSSR count). The Morgan fingerprint density at radius 2 is 1.89 bits per heavy atom. The van der Waals surface area contributed by atoms with Gasteiger partial charge in [-0.2, -0.15) is 10.1 Å². The highest BCUT2D eigenvalue weighted by atomic mass is 35.5. The average molecular weight is 440 g/mol. The SMILES string of the molecule is CCCN(C(=O)c1cccc(N)c1)C1=NN(c2c(Cl)cc(Cl)cc2Cl)C(=O)C1. The van der Waals surface area contributed by atoms with Gasteiger partial charge in [-0.1, -0.05) is 47.8 Å². The Labute approximate surface area is 177 Å². The van der Waals surface area contributed by atoms with Gasteiger partial charge in [0.15, 0.2) is 0 Å². The van der Waals surface area contributed by atoms with Crippen molar-refractivity contribution in [2.45, 2.75) is 19.8 Å². The Bertz CT molecular complexity index is 954. The summed E-state index contributed by atoms with van der Waals surface area (Å²) in [4.78, 5) is 27.1. The van der Waals surface area contributed by atoms with E-state index in [4.69, 9.17) is 40.5 Å². The maximum atomic E-state index is 13.0. The molecule has 0 aromatic heterocycles. The molecular weight excluding hydrogens is 423 g/mol. The van der Waals surface area contributed by atoms with Crippen molar-refractivity contribution in [2.24, 2.45) is 5.10 Å². The number of carbonyl (C=O) groups is 2. The Balaban J connectivity index is 1.98. The molecule has 2 aromatic rings. The van der Waals surface area contributed by atoms with Crippen LogP contribution in [-0.2, 0) is 4.79 Å². The molecule has 2 aromatic carbocycles. The van der Waals surface area contributed by atoms with Crippen LogP contribution in [0.1, 0.15) is 30.1 Å². The summed E-state index contributed by atoms with van der Waals surface area (Å²) in [5.74, 6) is -0.306. The van der Waals surface area contributed by atoms with Crippen LogP contribution in [0.2, 0.25) is 15.1 Å². The summed E-state index contributed by atoms with van der Waals surface area (Å²) in [6.07, 6.45) is 0.632. The van der Waals surface area contributed by atoms with Gasteiger partial charge in [0, 0.05) is 22.8 Å². The van der Waals surface area contributed by atoms with Gasteiger partial charge in [-0.3, -0.25) is 14.5 Å². The molecule has 0 saturated carbocycles. The van der Waals surface area contributed by atoms with Crippen LogP contribution >= 0.6 is 34.8 Å². The number of rotatable bonds is 4. The van der Waals surface area contributed by atoms with Crippen LogP contribution in [0.25, 0.3) is 0 Å². The lowest BCUT2D eigenvalue weighted by Crippen LogP contribution is -2.37. The van der Waals surface area contributed by atoms with Gasteiger partial charge in [-0.25, -0.2) is 0 Å². The van der Waals surface area contributed by atoms with E-state index in [2.05, 4.69) is 5.10 Å². The largest absolute Gasteiger partial charge is 0.399 e.